The number of allylic oxidation sites excluding steroid dienone is 5. The van der Waals surface area contributed by atoms with Crippen molar-refractivity contribution in [3.05, 3.63) is 36.0 Å². The Morgan fingerprint density at radius 3 is 2.18 bits per heavy atom. The molecule has 1 N–H and O–H groups in total. The van der Waals surface area contributed by atoms with Crippen molar-refractivity contribution in [1.82, 2.24) is 0 Å². The first-order valence-electron chi connectivity index (χ1n) is 14.7. The van der Waals surface area contributed by atoms with Crippen LogP contribution in [0, 0.1) is 52.8 Å². The van der Waals surface area contributed by atoms with Crippen LogP contribution in [0.25, 0.3) is 0 Å². The monoisotopic (exact) mass is 472 g/mol. The Morgan fingerprint density at radius 1 is 0.971 bits per heavy atom. The number of hydrogen-bond donors (Lipinski definition) is 1. The minimum absolute atomic E-state index is 0.507. The van der Waals surface area contributed by atoms with Gasteiger partial charge in [0.15, 0.2) is 0 Å². The van der Waals surface area contributed by atoms with E-state index in [-0.39, 0.29) is 0 Å². The summed E-state index contributed by atoms with van der Waals surface area (Å²) < 4.78 is 0. The predicted molar refractivity (Wildman–Crippen MR) is 153 cm³/mol. The second-order valence-corrected chi connectivity index (χ2v) is 12.1. The molecule has 0 aliphatic heterocycles. The number of fused-ring (bicyclic) bond motifs is 1. The van der Waals surface area contributed by atoms with E-state index in [9.17, 15) is 0 Å². The molecular formula is C33H60O. The minimum atomic E-state index is 0.507. The summed E-state index contributed by atoms with van der Waals surface area (Å²) in [7, 11) is 1.00. The van der Waals surface area contributed by atoms with Crippen LogP contribution in [0.15, 0.2) is 36.0 Å². The van der Waals surface area contributed by atoms with Crippen molar-refractivity contribution < 1.29 is 5.11 Å². The van der Waals surface area contributed by atoms with Gasteiger partial charge in [-0.05, 0) is 97.7 Å². The molecule has 0 saturated heterocycles. The zero-order chi connectivity index (χ0) is 26.1. The average molecular weight is 473 g/mol. The molecule has 198 valence electrons. The van der Waals surface area contributed by atoms with E-state index in [1.807, 2.05) is 13.8 Å². The summed E-state index contributed by atoms with van der Waals surface area (Å²) in [6.07, 6.45) is 18.7. The highest BCUT2D eigenvalue weighted by atomic mass is 16.2. The molecule has 0 amide bonds. The van der Waals surface area contributed by atoms with Gasteiger partial charge in [0, 0.05) is 7.11 Å². The third kappa shape index (κ3) is 7.84. The van der Waals surface area contributed by atoms with E-state index < -0.39 is 0 Å². The lowest BCUT2D eigenvalue weighted by atomic mass is 9.77. The van der Waals surface area contributed by atoms with Crippen molar-refractivity contribution in [1.29, 1.82) is 0 Å². The number of hydrogen-bond acceptors (Lipinski definition) is 1. The standard InChI is InChI=1S/C30H50.C2H6.CH4O/c1-20(2)21(3)12-13-24(6)29-15-14-22(4)27(11-9-10-23(29)5)16-17-30-19-28(30)18-25(7)26(30)8;2*1-2/h12-13,16,20-25,28-29H,8-11,14-15,17-19H2,1-7H3;1-2H3;2H,1H3/b13-12+,27-16+;;. The fourth-order valence-corrected chi connectivity index (χ4v) is 6.64. The normalized spacial score (nSPS) is 36.4. The van der Waals surface area contributed by atoms with Crippen LogP contribution in [0.5, 0.6) is 0 Å². The Labute approximate surface area is 214 Å². The van der Waals surface area contributed by atoms with Gasteiger partial charge in [0.05, 0.1) is 0 Å². The first-order chi connectivity index (χ1) is 16.2. The number of aliphatic hydroxyl groups excluding tert-OH is 1. The third-order valence-electron chi connectivity index (χ3n) is 9.70. The highest BCUT2D eigenvalue weighted by molar-refractivity contribution is 5.32. The maximum absolute atomic E-state index is 7.00. The van der Waals surface area contributed by atoms with E-state index in [0.717, 1.165) is 42.6 Å². The molecule has 0 aromatic heterocycles. The summed E-state index contributed by atoms with van der Waals surface area (Å²) in [6.45, 7) is 25.4. The summed E-state index contributed by atoms with van der Waals surface area (Å²) in [6, 6.07) is 0. The third-order valence-corrected chi connectivity index (χ3v) is 9.70. The molecule has 0 aromatic rings. The van der Waals surface area contributed by atoms with Crippen molar-refractivity contribution in [2.24, 2.45) is 52.8 Å². The maximum atomic E-state index is 7.00. The van der Waals surface area contributed by atoms with E-state index in [1.165, 1.54) is 51.4 Å². The van der Waals surface area contributed by atoms with Gasteiger partial charge in [0.2, 0.25) is 0 Å². The van der Waals surface area contributed by atoms with Crippen LogP contribution in [-0.2, 0) is 0 Å². The summed E-state index contributed by atoms with van der Waals surface area (Å²) in [4.78, 5) is 0. The average Bonchev–Trinajstić information content (AvgIpc) is 3.46. The molecule has 3 rings (SSSR count). The van der Waals surface area contributed by atoms with Crippen LogP contribution in [0.1, 0.15) is 114 Å². The molecule has 34 heavy (non-hydrogen) atoms. The topological polar surface area (TPSA) is 20.2 Å². The summed E-state index contributed by atoms with van der Waals surface area (Å²) >= 11 is 0. The summed E-state index contributed by atoms with van der Waals surface area (Å²) in [5, 5.41) is 7.00. The molecule has 8 atom stereocenters. The number of rotatable bonds is 6. The van der Waals surface area contributed by atoms with Crippen molar-refractivity contribution >= 4 is 0 Å². The van der Waals surface area contributed by atoms with Gasteiger partial charge in [0.25, 0.3) is 0 Å². The van der Waals surface area contributed by atoms with Crippen LogP contribution in [0.2, 0.25) is 0 Å². The van der Waals surface area contributed by atoms with Crippen LogP contribution in [-0.4, -0.2) is 12.2 Å². The lowest BCUT2D eigenvalue weighted by Crippen LogP contribution is -2.19. The second kappa shape index (κ2) is 14.7. The molecule has 0 bridgehead atoms. The van der Waals surface area contributed by atoms with Gasteiger partial charge >= 0.3 is 0 Å². The van der Waals surface area contributed by atoms with Gasteiger partial charge in [-0.1, -0.05) is 105 Å². The molecule has 3 saturated carbocycles. The first-order valence-corrected chi connectivity index (χ1v) is 14.7. The molecule has 3 aliphatic carbocycles. The SMILES string of the molecule is C=C1C(C)CC2CC12C/C=C1\CCCC(C)C(C(C)/C=C/C(C)C(C)C)CCC1C.CC.CO. The second-order valence-electron chi connectivity index (χ2n) is 12.1. The van der Waals surface area contributed by atoms with Gasteiger partial charge in [-0.2, -0.15) is 0 Å². The molecule has 8 unspecified atom stereocenters. The molecule has 1 nitrogen and oxygen atoms in total. The van der Waals surface area contributed by atoms with Crippen molar-refractivity contribution in [2.45, 2.75) is 114 Å². The van der Waals surface area contributed by atoms with E-state index in [2.05, 4.69) is 73.3 Å². The fraction of sp³-hybridized carbons (Fsp3) is 0.818. The fourth-order valence-electron chi connectivity index (χ4n) is 6.64. The maximum Gasteiger partial charge on any atom is 0.0319 e. The van der Waals surface area contributed by atoms with Crippen LogP contribution in [0.4, 0.5) is 0 Å². The van der Waals surface area contributed by atoms with Crippen molar-refractivity contribution in [3.8, 4) is 0 Å². The van der Waals surface area contributed by atoms with Gasteiger partial charge in [0.1, 0.15) is 0 Å². The van der Waals surface area contributed by atoms with Crippen molar-refractivity contribution in [3.63, 3.8) is 0 Å². The Balaban J connectivity index is 0.00000137. The lowest BCUT2D eigenvalue weighted by molar-refractivity contribution is 0.251. The van der Waals surface area contributed by atoms with Gasteiger partial charge in [-0.15, -0.1) is 0 Å². The minimum Gasteiger partial charge on any atom is -0.400 e. The number of aliphatic hydroxyl groups is 1. The highest BCUT2D eigenvalue weighted by Crippen LogP contribution is 2.69. The molecule has 0 aromatic carbocycles. The Morgan fingerprint density at radius 2 is 1.62 bits per heavy atom. The van der Waals surface area contributed by atoms with Gasteiger partial charge in [-0.25, -0.2) is 0 Å². The van der Waals surface area contributed by atoms with Crippen LogP contribution in [0.3, 0.4) is 0 Å². The molecule has 0 heterocycles. The van der Waals surface area contributed by atoms with Gasteiger partial charge in [-0.3, -0.25) is 0 Å². The molecular weight excluding hydrogens is 412 g/mol. The Kier molecular flexibility index (Phi) is 13.5. The van der Waals surface area contributed by atoms with E-state index >= 15 is 0 Å². The van der Waals surface area contributed by atoms with Crippen molar-refractivity contribution in [2.75, 3.05) is 7.11 Å². The van der Waals surface area contributed by atoms with E-state index in [4.69, 9.17) is 5.11 Å². The summed E-state index contributed by atoms with van der Waals surface area (Å²) in [5.74, 6) is 6.27. The lowest BCUT2D eigenvalue weighted by Gasteiger charge is -2.28. The highest BCUT2D eigenvalue weighted by Gasteiger charge is 2.60. The Bertz CT molecular complexity index is 655. The van der Waals surface area contributed by atoms with Crippen LogP contribution >= 0.6 is 0 Å². The molecule has 3 fully saturated rings. The Hall–Kier alpha value is -0.820. The predicted octanol–water partition coefficient (Wildman–Crippen LogP) is 9.88. The van der Waals surface area contributed by atoms with Crippen LogP contribution < -0.4 is 0 Å². The smallest absolute Gasteiger partial charge is 0.0319 e. The zero-order valence-electron chi connectivity index (χ0n) is 24.7. The zero-order valence-corrected chi connectivity index (χ0v) is 24.7. The largest absolute Gasteiger partial charge is 0.400 e. The molecule has 3 aliphatic rings. The van der Waals surface area contributed by atoms with Gasteiger partial charge < -0.3 is 5.11 Å². The molecule has 0 radical (unpaired) electrons. The van der Waals surface area contributed by atoms with E-state index in [0.29, 0.717) is 17.3 Å². The molecule has 1 heteroatoms. The molecule has 0 spiro atoms. The first kappa shape index (κ1) is 31.2. The summed E-state index contributed by atoms with van der Waals surface area (Å²) in [5.41, 5.74) is 3.85. The quantitative estimate of drug-likeness (QED) is 0.381. The van der Waals surface area contributed by atoms with E-state index in [1.54, 1.807) is 11.1 Å².